The first-order valence-electron chi connectivity index (χ1n) is 9.20. The third kappa shape index (κ3) is 1.73. The van der Waals surface area contributed by atoms with Gasteiger partial charge in [0, 0.05) is 0 Å². The standard InChI is InChI=1S/C24H18O2/c25-21-10-9-17-19-8-5-14-11-13-3-1-2-4-16(13)18-7-6-15(23(19)22(14)18)12-20(17)24(21)26/h1-8,11-12,21,24-26H,9-10H2/t21-,24-/m1/s1. The largest absolute Gasteiger partial charge is 0.390 e. The molecule has 6 rings (SSSR count). The molecule has 0 saturated carbocycles. The lowest BCUT2D eigenvalue weighted by Gasteiger charge is -2.28. The van der Waals surface area contributed by atoms with Crippen LogP contribution in [0, 0.1) is 0 Å². The van der Waals surface area contributed by atoms with E-state index in [1.807, 2.05) is 0 Å². The summed E-state index contributed by atoms with van der Waals surface area (Å²) in [6.07, 6.45) is -0.0371. The summed E-state index contributed by atoms with van der Waals surface area (Å²) in [5.41, 5.74) is 2.08. The fourth-order valence-corrected chi connectivity index (χ4v) is 4.91. The number of hydrogen-bond acceptors (Lipinski definition) is 2. The molecule has 1 aliphatic rings. The van der Waals surface area contributed by atoms with E-state index in [0.29, 0.717) is 6.42 Å². The van der Waals surface area contributed by atoms with Crippen LogP contribution < -0.4 is 0 Å². The van der Waals surface area contributed by atoms with Gasteiger partial charge in [0.15, 0.2) is 0 Å². The fourth-order valence-electron chi connectivity index (χ4n) is 4.91. The summed E-state index contributed by atoms with van der Waals surface area (Å²) >= 11 is 0. The molecule has 0 aromatic heterocycles. The van der Waals surface area contributed by atoms with E-state index in [4.69, 9.17) is 0 Å². The maximum atomic E-state index is 10.5. The second-order valence-corrected chi connectivity index (χ2v) is 7.52. The minimum atomic E-state index is -0.790. The van der Waals surface area contributed by atoms with Crippen LogP contribution in [0.25, 0.3) is 43.1 Å². The van der Waals surface area contributed by atoms with Crippen LogP contribution in [0.3, 0.4) is 0 Å². The Morgan fingerprint density at radius 2 is 1.42 bits per heavy atom. The SMILES string of the molecule is O[C@@H]1CCc2c(cc3ccc4c5ccccc5cc5ccc2c3c54)[C@H]1O. The number of hydrogen-bond donors (Lipinski definition) is 2. The molecule has 2 nitrogen and oxygen atoms in total. The number of aliphatic hydroxyl groups is 2. The lowest BCUT2D eigenvalue weighted by molar-refractivity contribution is 0.00683. The molecule has 2 atom stereocenters. The Bertz CT molecular complexity index is 1320. The van der Waals surface area contributed by atoms with Crippen molar-refractivity contribution in [3.05, 3.63) is 71.8 Å². The molecular formula is C24H18O2. The molecule has 5 aromatic carbocycles. The van der Waals surface area contributed by atoms with Crippen LogP contribution in [0.4, 0.5) is 0 Å². The Morgan fingerprint density at radius 3 is 2.31 bits per heavy atom. The molecule has 0 spiro atoms. The highest BCUT2D eigenvalue weighted by Crippen LogP contribution is 2.43. The molecule has 126 valence electrons. The zero-order valence-electron chi connectivity index (χ0n) is 14.2. The highest BCUT2D eigenvalue weighted by Gasteiger charge is 2.28. The van der Waals surface area contributed by atoms with E-state index in [9.17, 15) is 10.2 Å². The molecule has 0 aliphatic heterocycles. The maximum Gasteiger partial charge on any atom is 0.105 e. The van der Waals surface area contributed by atoms with E-state index in [1.165, 1.54) is 43.3 Å². The predicted molar refractivity (Wildman–Crippen MR) is 107 cm³/mol. The van der Waals surface area contributed by atoms with Gasteiger partial charge in [0.25, 0.3) is 0 Å². The average Bonchev–Trinajstić information content (AvgIpc) is 2.68. The Labute approximate surface area is 150 Å². The normalized spacial score (nSPS) is 20.4. The van der Waals surface area contributed by atoms with Crippen LogP contribution in [0.1, 0.15) is 23.7 Å². The van der Waals surface area contributed by atoms with E-state index in [1.54, 1.807) is 0 Å². The van der Waals surface area contributed by atoms with Crippen molar-refractivity contribution in [2.45, 2.75) is 25.0 Å². The van der Waals surface area contributed by atoms with Crippen molar-refractivity contribution >= 4 is 43.1 Å². The van der Waals surface area contributed by atoms with Crippen LogP contribution in [0.2, 0.25) is 0 Å². The molecule has 0 amide bonds. The van der Waals surface area contributed by atoms with Gasteiger partial charge in [-0.3, -0.25) is 0 Å². The Kier molecular flexibility index (Phi) is 2.75. The van der Waals surface area contributed by atoms with Gasteiger partial charge in [0.05, 0.1) is 6.10 Å². The van der Waals surface area contributed by atoms with Gasteiger partial charge in [-0.15, -0.1) is 0 Å². The Hall–Kier alpha value is -2.68. The van der Waals surface area contributed by atoms with Crippen LogP contribution in [0.15, 0.2) is 60.7 Å². The molecule has 2 N–H and O–H groups in total. The summed E-state index contributed by atoms with van der Waals surface area (Å²) in [7, 11) is 0. The lowest BCUT2D eigenvalue weighted by atomic mass is 9.81. The van der Waals surface area contributed by atoms with Crippen molar-refractivity contribution in [3.63, 3.8) is 0 Å². The van der Waals surface area contributed by atoms with E-state index in [-0.39, 0.29) is 0 Å². The van der Waals surface area contributed by atoms with Crippen LogP contribution in [-0.4, -0.2) is 16.3 Å². The van der Waals surface area contributed by atoms with Crippen molar-refractivity contribution in [3.8, 4) is 0 Å². The molecule has 0 unspecified atom stereocenters. The fraction of sp³-hybridized carbons (Fsp3) is 0.167. The number of rotatable bonds is 0. The highest BCUT2D eigenvalue weighted by atomic mass is 16.3. The van der Waals surface area contributed by atoms with Crippen molar-refractivity contribution < 1.29 is 10.2 Å². The molecule has 0 saturated heterocycles. The van der Waals surface area contributed by atoms with Gasteiger partial charge < -0.3 is 10.2 Å². The average molecular weight is 338 g/mol. The van der Waals surface area contributed by atoms with Gasteiger partial charge >= 0.3 is 0 Å². The summed E-state index contributed by atoms with van der Waals surface area (Å²) < 4.78 is 0. The van der Waals surface area contributed by atoms with Crippen LogP contribution in [0.5, 0.6) is 0 Å². The number of aliphatic hydroxyl groups excluding tert-OH is 2. The zero-order valence-corrected chi connectivity index (χ0v) is 14.2. The van der Waals surface area contributed by atoms with Gasteiger partial charge in [-0.25, -0.2) is 0 Å². The van der Waals surface area contributed by atoms with Gasteiger partial charge in [-0.05, 0) is 79.2 Å². The minimum Gasteiger partial charge on any atom is -0.390 e. The molecular weight excluding hydrogens is 320 g/mol. The highest BCUT2D eigenvalue weighted by molar-refractivity contribution is 6.29. The lowest BCUT2D eigenvalue weighted by Crippen LogP contribution is -2.25. The van der Waals surface area contributed by atoms with E-state index >= 15 is 0 Å². The summed E-state index contributed by atoms with van der Waals surface area (Å²) in [6, 6.07) is 21.7. The molecule has 26 heavy (non-hydrogen) atoms. The van der Waals surface area contributed by atoms with Gasteiger partial charge in [-0.1, -0.05) is 48.5 Å². The molecule has 0 bridgehead atoms. The van der Waals surface area contributed by atoms with Crippen molar-refractivity contribution in [2.24, 2.45) is 0 Å². The van der Waals surface area contributed by atoms with E-state index in [2.05, 4.69) is 60.7 Å². The number of fused-ring (bicyclic) bond motifs is 4. The van der Waals surface area contributed by atoms with Gasteiger partial charge in [0.1, 0.15) is 6.10 Å². The predicted octanol–water partition coefficient (Wildman–Crippen LogP) is 5.08. The van der Waals surface area contributed by atoms with E-state index < -0.39 is 12.2 Å². The van der Waals surface area contributed by atoms with E-state index in [0.717, 1.165) is 17.4 Å². The van der Waals surface area contributed by atoms with Crippen LogP contribution in [-0.2, 0) is 6.42 Å². The minimum absolute atomic E-state index is 0.612. The number of benzene rings is 5. The third-order valence-corrected chi connectivity index (χ3v) is 6.14. The second-order valence-electron chi connectivity index (χ2n) is 7.52. The van der Waals surface area contributed by atoms with Crippen LogP contribution >= 0.6 is 0 Å². The van der Waals surface area contributed by atoms with Gasteiger partial charge in [-0.2, -0.15) is 0 Å². The van der Waals surface area contributed by atoms with Crippen molar-refractivity contribution in [1.82, 2.24) is 0 Å². The molecule has 0 heterocycles. The molecule has 5 aromatic rings. The molecule has 0 radical (unpaired) electrons. The summed E-state index contributed by atoms with van der Waals surface area (Å²) in [5.74, 6) is 0. The monoisotopic (exact) mass is 338 g/mol. The Morgan fingerprint density at radius 1 is 0.692 bits per heavy atom. The maximum absolute atomic E-state index is 10.5. The first kappa shape index (κ1) is 14.5. The first-order chi connectivity index (χ1) is 12.7. The van der Waals surface area contributed by atoms with Crippen molar-refractivity contribution in [2.75, 3.05) is 0 Å². The molecule has 2 heteroatoms. The summed E-state index contributed by atoms with van der Waals surface area (Å²) in [4.78, 5) is 0. The Balaban J connectivity index is 1.85. The quantitative estimate of drug-likeness (QED) is 0.305. The molecule has 0 fully saturated rings. The smallest absolute Gasteiger partial charge is 0.105 e. The third-order valence-electron chi connectivity index (χ3n) is 6.14. The first-order valence-corrected chi connectivity index (χ1v) is 9.20. The topological polar surface area (TPSA) is 40.5 Å². The second kappa shape index (κ2) is 4.94. The van der Waals surface area contributed by atoms with Crippen molar-refractivity contribution in [1.29, 1.82) is 0 Å². The summed E-state index contributed by atoms with van der Waals surface area (Å²) in [5, 5.41) is 30.6. The number of aryl methyl sites for hydroxylation is 1. The zero-order chi connectivity index (χ0) is 17.4. The van der Waals surface area contributed by atoms with Gasteiger partial charge in [0.2, 0.25) is 0 Å². The summed E-state index contributed by atoms with van der Waals surface area (Å²) in [6.45, 7) is 0. The molecule has 1 aliphatic carbocycles.